The lowest BCUT2D eigenvalue weighted by atomic mass is 10.2. The van der Waals surface area contributed by atoms with E-state index in [-0.39, 0.29) is 17.3 Å². The zero-order valence-electron chi connectivity index (χ0n) is 10.4. The van der Waals surface area contributed by atoms with E-state index < -0.39 is 10.0 Å². The maximum Gasteiger partial charge on any atom is 0.263 e. The van der Waals surface area contributed by atoms with Crippen LogP contribution in [0.5, 0.6) is 0 Å². The van der Waals surface area contributed by atoms with Crippen molar-refractivity contribution in [1.29, 1.82) is 0 Å². The maximum atomic E-state index is 12.8. The molecule has 1 aliphatic heterocycles. The van der Waals surface area contributed by atoms with Crippen LogP contribution in [-0.4, -0.2) is 14.3 Å². The Hall–Kier alpha value is -2.21. The van der Waals surface area contributed by atoms with Crippen LogP contribution in [0.2, 0.25) is 0 Å². The smallest absolute Gasteiger partial charge is 0.263 e. The van der Waals surface area contributed by atoms with Gasteiger partial charge in [-0.05, 0) is 29.8 Å². The highest BCUT2D eigenvalue weighted by molar-refractivity contribution is 7.90. The Balaban J connectivity index is 1.92. The van der Waals surface area contributed by atoms with E-state index in [0.29, 0.717) is 11.4 Å². The average Bonchev–Trinajstić information content (AvgIpc) is 2.70. The highest BCUT2D eigenvalue weighted by atomic mass is 32.2. The van der Waals surface area contributed by atoms with E-state index in [2.05, 4.69) is 9.71 Å². The number of aliphatic imine (C=N–C) groups is 1. The fraction of sp³-hybridized carbons (Fsp3) is 0.0714. The van der Waals surface area contributed by atoms with Crippen LogP contribution in [0, 0.1) is 5.82 Å². The molecule has 0 amide bonds. The first-order chi connectivity index (χ1) is 9.56. The summed E-state index contributed by atoms with van der Waals surface area (Å²) >= 11 is 0. The largest absolute Gasteiger partial charge is 0.263 e. The third-order valence-electron chi connectivity index (χ3n) is 3.00. The second-order valence-electron chi connectivity index (χ2n) is 4.39. The molecule has 0 spiro atoms. The fourth-order valence-corrected chi connectivity index (χ4v) is 3.26. The number of benzene rings is 2. The van der Waals surface area contributed by atoms with Crippen molar-refractivity contribution in [2.24, 2.45) is 4.99 Å². The molecule has 0 aliphatic carbocycles. The van der Waals surface area contributed by atoms with Gasteiger partial charge in [0.25, 0.3) is 10.0 Å². The van der Waals surface area contributed by atoms with E-state index in [1.165, 1.54) is 18.2 Å². The first kappa shape index (κ1) is 12.8. The van der Waals surface area contributed by atoms with Gasteiger partial charge >= 0.3 is 0 Å². The molecule has 3 rings (SSSR count). The highest BCUT2D eigenvalue weighted by Crippen LogP contribution is 2.22. The molecule has 6 heteroatoms. The monoisotopic (exact) mass is 290 g/mol. The van der Waals surface area contributed by atoms with Gasteiger partial charge in [0, 0.05) is 5.56 Å². The molecule has 102 valence electrons. The zero-order chi connectivity index (χ0) is 14.2. The van der Waals surface area contributed by atoms with E-state index in [1.54, 1.807) is 30.3 Å². The van der Waals surface area contributed by atoms with Crippen LogP contribution >= 0.6 is 0 Å². The van der Waals surface area contributed by atoms with Gasteiger partial charge in [-0.25, -0.2) is 12.8 Å². The number of rotatable bonds is 2. The van der Waals surface area contributed by atoms with Crippen molar-refractivity contribution in [1.82, 2.24) is 4.72 Å². The van der Waals surface area contributed by atoms with Crippen molar-refractivity contribution in [3.8, 4) is 0 Å². The van der Waals surface area contributed by atoms with E-state index in [4.69, 9.17) is 0 Å². The SMILES string of the molecule is O=S1(=O)NC(=NCc2ccc(F)cc2)c2ccccc21. The van der Waals surface area contributed by atoms with Crippen LogP contribution in [0.1, 0.15) is 11.1 Å². The summed E-state index contributed by atoms with van der Waals surface area (Å²) in [4.78, 5) is 4.50. The van der Waals surface area contributed by atoms with Gasteiger partial charge in [-0.1, -0.05) is 24.3 Å². The second kappa shape index (κ2) is 4.72. The fourth-order valence-electron chi connectivity index (χ4n) is 2.01. The molecule has 0 radical (unpaired) electrons. The summed E-state index contributed by atoms with van der Waals surface area (Å²) in [6, 6.07) is 12.6. The van der Waals surface area contributed by atoms with Crippen molar-refractivity contribution < 1.29 is 12.8 Å². The minimum absolute atomic E-state index is 0.234. The second-order valence-corrected chi connectivity index (χ2v) is 6.04. The molecular weight excluding hydrogens is 279 g/mol. The topological polar surface area (TPSA) is 58.5 Å². The summed E-state index contributed by atoms with van der Waals surface area (Å²) in [6.45, 7) is 0.284. The number of hydrogen-bond donors (Lipinski definition) is 1. The molecule has 1 N–H and O–H groups in total. The van der Waals surface area contributed by atoms with E-state index in [9.17, 15) is 12.8 Å². The van der Waals surface area contributed by atoms with E-state index in [0.717, 1.165) is 5.56 Å². The Morgan fingerprint density at radius 2 is 1.75 bits per heavy atom. The average molecular weight is 290 g/mol. The molecule has 4 nitrogen and oxygen atoms in total. The summed E-state index contributed by atoms with van der Waals surface area (Å²) in [6.07, 6.45) is 0. The first-order valence-corrected chi connectivity index (χ1v) is 7.46. The quantitative estimate of drug-likeness (QED) is 0.920. The number of amidine groups is 1. The van der Waals surface area contributed by atoms with Gasteiger partial charge in [0.15, 0.2) is 0 Å². The van der Waals surface area contributed by atoms with Crippen LogP contribution in [-0.2, 0) is 16.6 Å². The summed E-state index contributed by atoms with van der Waals surface area (Å²) in [5, 5.41) is 0. The molecule has 0 atom stereocenters. The molecule has 1 aliphatic rings. The molecule has 20 heavy (non-hydrogen) atoms. The van der Waals surface area contributed by atoms with Crippen molar-refractivity contribution >= 4 is 15.9 Å². The molecular formula is C14H11FN2O2S. The lowest BCUT2D eigenvalue weighted by Gasteiger charge is -2.00. The molecule has 0 saturated heterocycles. The molecule has 0 aromatic heterocycles. The number of sulfonamides is 1. The lowest BCUT2D eigenvalue weighted by Crippen LogP contribution is -2.22. The van der Waals surface area contributed by atoms with Crippen LogP contribution in [0.3, 0.4) is 0 Å². The summed E-state index contributed by atoms with van der Waals surface area (Å²) in [5.74, 6) is 0.0123. The Morgan fingerprint density at radius 1 is 1.05 bits per heavy atom. The van der Waals surface area contributed by atoms with E-state index >= 15 is 0 Å². The standard InChI is InChI=1S/C14H11FN2O2S/c15-11-7-5-10(6-8-11)9-16-14-12-3-1-2-4-13(12)20(18,19)17-14/h1-8H,9H2,(H,16,17). The predicted octanol–water partition coefficient (Wildman–Crippen LogP) is 2.06. The van der Waals surface area contributed by atoms with Gasteiger partial charge in [-0.15, -0.1) is 0 Å². The number of hydrogen-bond acceptors (Lipinski definition) is 3. The third kappa shape index (κ3) is 2.30. The number of nitrogens with one attached hydrogen (secondary N) is 1. The number of fused-ring (bicyclic) bond motifs is 1. The summed E-state index contributed by atoms with van der Waals surface area (Å²) < 4.78 is 39.0. The molecule has 2 aromatic carbocycles. The Labute approximate surface area is 116 Å². The molecule has 0 bridgehead atoms. The maximum absolute atomic E-state index is 12.8. The van der Waals surface area contributed by atoms with Crippen molar-refractivity contribution in [3.05, 3.63) is 65.5 Å². The van der Waals surface area contributed by atoms with Crippen LogP contribution in [0.4, 0.5) is 4.39 Å². The zero-order valence-corrected chi connectivity index (χ0v) is 11.2. The minimum atomic E-state index is -3.51. The molecule has 2 aromatic rings. The van der Waals surface area contributed by atoms with Crippen LogP contribution < -0.4 is 4.72 Å². The normalized spacial score (nSPS) is 17.8. The van der Waals surface area contributed by atoms with Crippen molar-refractivity contribution in [3.63, 3.8) is 0 Å². The Kier molecular flexibility index (Phi) is 3.02. The highest BCUT2D eigenvalue weighted by Gasteiger charge is 2.29. The van der Waals surface area contributed by atoms with Crippen molar-refractivity contribution in [2.75, 3.05) is 0 Å². The molecule has 0 fully saturated rings. The Bertz CT molecular complexity index is 783. The first-order valence-electron chi connectivity index (χ1n) is 5.97. The molecule has 0 unspecified atom stereocenters. The minimum Gasteiger partial charge on any atom is -0.263 e. The third-order valence-corrected chi connectivity index (χ3v) is 4.39. The summed E-state index contributed by atoms with van der Waals surface area (Å²) in [7, 11) is -3.51. The number of halogens is 1. The van der Waals surface area contributed by atoms with Gasteiger partial charge in [0.2, 0.25) is 0 Å². The van der Waals surface area contributed by atoms with Crippen molar-refractivity contribution in [2.45, 2.75) is 11.4 Å². The van der Waals surface area contributed by atoms with Gasteiger partial charge in [-0.3, -0.25) is 9.71 Å². The number of nitrogens with zero attached hydrogens (tertiary/aromatic N) is 1. The van der Waals surface area contributed by atoms with Crippen LogP contribution in [0.15, 0.2) is 58.4 Å². The predicted molar refractivity (Wildman–Crippen MR) is 73.4 cm³/mol. The lowest BCUT2D eigenvalue weighted by molar-refractivity contribution is 0.595. The molecule has 0 saturated carbocycles. The van der Waals surface area contributed by atoms with Gasteiger partial charge in [-0.2, -0.15) is 0 Å². The van der Waals surface area contributed by atoms with E-state index in [1.807, 2.05) is 0 Å². The van der Waals surface area contributed by atoms with Crippen LogP contribution in [0.25, 0.3) is 0 Å². The summed E-state index contributed by atoms with van der Waals surface area (Å²) in [5.41, 5.74) is 1.37. The Morgan fingerprint density at radius 3 is 2.50 bits per heavy atom. The van der Waals surface area contributed by atoms with Gasteiger partial charge < -0.3 is 0 Å². The van der Waals surface area contributed by atoms with Gasteiger partial charge in [0.1, 0.15) is 11.7 Å². The van der Waals surface area contributed by atoms with Gasteiger partial charge in [0.05, 0.1) is 11.4 Å². The molecule has 1 heterocycles.